The maximum atomic E-state index is 8.55. The standard InChI is InChI=1S/C6H16N2.3Na.H3O4P/c7-5-3-1-2-4-6-8;;;;1-5(2,3)4/h1-8H2;;;;(H3,1,2,3,4)/q;3*+1;/p-3. The summed E-state index contributed by atoms with van der Waals surface area (Å²) < 4.78 is 8.55. The summed E-state index contributed by atoms with van der Waals surface area (Å²) in [6, 6.07) is 0. The van der Waals surface area contributed by atoms with E-state index in [9.17, 15) is 0 Å². The number of nitrogens with two attached hydrogens (primary N) is 2. The first-order valence-electron chi connectivity index (χ1n) is 4.05. The Kier molecular flexibility index (Phi) is 45.5. The molecule has 0 unspecified atom stereocenters. The molecule has 0 saturated carbocycles. The van der Waals surface area contributed by atoms with E-state index < -0.39 is 7.82 Å². The molecule has 10 heteroatoms. The molecular formula is C6H16N2Na3O4P. The molecule has 0 bridgehead atoms. The van der Waals surface area contributed by atoms with Gasteiger partial charge in [-0.25, -0.2) is 0 Å². The van der Waals surface area contributed by atoms with Crippen molar-refractivity contribution in [1.82, 2.24) is 0 Å². The van der Waals surface area contributed by atoms with Crippen LogP contribution in [0.15, 0.2) is 0 Å². The molecule has 4 N–H and O–H groups in total. The molecule has 0 aliphatic rings. The van der Waals surface area contributed by atoms with Gasteiger partial charge in [0.2, 0.25) is 0 Å². The Morgan fingerprint density at radius 3 is 1.06 bits per heavy atom. The van der Waals surface area contributed by atoms with E-state index in [1.54, 1.807) is 0 Å². The summed E-state index contributed by atoms with van der Waals surface area (Å²) in [7, 11) is -5.39. The molecule has 0 fully saturated rings. The van der Waals surface area contributed by atoms with Crippen molar-refractivity contribution in [2.45, 2.75) is 25.7 Å². The van der Waals surface area contributed by atoms with Crippen LogP contribution in [0.3, 0.4) is 0 Å². The molecular weight excluding hydrogens is 264 g/mol. The maximum absolute atomic E-state index is 8.55. The molecule has 0 spiro atoms. The van der Waals surface area contributed by atoms with Crippen LogP contribution in [0.2, 0.25) is 0 Å². The van der Waals surface area contributed by atoms with Crippen LogP contribution >= 0.6 is 7.82 Å². The molecule has 0 radical (unpaired) electrons. The number of rotatable bonds is 5. The first-order valence-corrected chi connectivity index (χ1v) is 5.51. The van der Waals surface area contributed by atoms with Crippen LogP contribution in [-0.4, -0.2) is 13.1 Å². The summed E-state index contributed by atoms with van der Waals surface area (Å²) in [6.45, 7) is 1.65. The van der Waals surface area contributed by atoms with Gasteiger partial charge in [0.05, 0.1) is 0 Å². The van der Waals surface area contributed by atoms with E-state index in [0.717, 1.165) is 25.9 Å². The van der Waals surface area contributed by atoms with Crippen LogP contribution in [-0.2, 0) is 4.57 Å². The Hall–Kier alpha value is 3.03. The Morgan fingerprint density at radius 1 is 0.750 bits per heavy atom. The molecule has 0 aromatic heterocycles. The molecule has 0 heterocycles. The third-order valence-electron chi connectivity index (χ3n) is 1.16. The number of hydrogen-bond donors (Lipinski definition) is 2. The zero-order chi connectivity index (χ0) is 10.7. The van der Waals surface area contributed by atoms with Gasteiger partial charge in [0, 0.05) is 0 Å². The summed E-state index contributed by atoms with van der Waals surface area (Å²) >= 11 is 0. The van der Waals surface area contributed by atoms with Gasteiger partial charge in [0.15, 0.2) is 0 Å². The second kappa shape index (κ2) is 23.1. The third kappa shape index (κ3) is 67.9. The third-order valence-corrected chi connectivity index (χ3v) is 1.16. The second-order valence-corrected chi connectivity index (χ2v) is 3.33. The topological polar surface area (TPSA) is 138 Å². The van der Waals surface area contributed by atoms with Crippen molar-refractivity contribution in [2.75, 3.05) is 13.1 Å². The van der Waals surface area contributed by atoms with E-state index in [0.29, 0.717) is 0 Å². The Labute approximate surface area is 163 Å². The predicted octanol–water partition coefficient (Wildman–Crippen LogP) is -11.3. The van der Waals surface area contributed by atoms with E-state index >= 15 is 0 Å². The van der Waals surface area contributed by atoms with Gasteiger partial charge in [-0.3, -0.25) is 0 Å². The zero-order valence-corrected chi connectivity index (χ0v) is 17.4. The van der Waals surface area contributed by atoms with E-state index in [-0.39, 0.29) is 88.7 Å². The van der Waals surface area contributed by atoms with Crippen LogP contribution in [0, 0.1) is 0 Å². The van der Waals surface area contributed by atoms with Gasteiger partial charge >= 0.3 is 88.7 Å². The smallest absolute Gasteiger partial charge is 0.822 e. The van der Waals surface area contributed by atoms with Crippen molar-refractivity contribution in [3.05, 3.63) is 0 Å². The fourth-order valence-electron chi connectivity index (χ4n) is 0.642. The van der Waals surface area contributed by atoms with Crippen LogP contribution in [0.5, 0.6) is 0 Å². The molecule has 0 aromatic rings. The van der Waals surface area contributed by atoms with E-state index in [4.69, 9.17) is 30.7 Å². The van der Waals surface area contributed by atoms with Crippen molar-refractivity contribution >= 4 is 7.82 Å². The van der Waals surface area contributed by atoms with Crippen LogP contribution in [0.1, 0.15) is 25.7 Å². The van der Waals surface area contributed by atoms with Gasteiger partial charge in [-0.15, -0.1) is 0 Å². The minimum Gasteiger partial charge on any atom is -0.822 e. The van der Waals surface area contributed by atoms with Gasteiger partial charge in [0.1, 0.15) is 0 Å². The summed E-state index contributed by atoms with van der Waals surface area (Å²) in [5.74, 6) is 0. The molecule has 0 aromatic carbocycles. The van der Waals surface area contributed by atoms with E-state index in [2.05, 4.69) is 0 Å². The normalized spacial score (nSPS) is 8.56. The number of unbranched alkanes of at least 4 members (excludes halogenated alkanes) is 3. The van der Waals surface area contributed by atoms with Gasteiger partial charge in [-0.2, -0.15) is 7.82 Å². The molecule has 82 valence electrons. The summed E-state index contributed by atoms with van der Waals surface area (Å²) in [6.07, 6.45) is 4.79. The molecule has 0 aliphatic heterocycles. The van der Waals surface area contributed by atoms with Gasteiger partial charge in [-0.1, -0.05) is 12.8 Å². The van der Waals surface area contributed by atoms with Crippen molar-refractivity contribution in [1.29, 1.82) is 0 Å². The SMILES string of the molecule is NCCCCCCN.O=P([O-])([O-])[O-].[Na+].[Na+].[Na+]. The molecule has 0 amide bonds. The Bertz CT molecular complexity index is 135. The van der Waals surface area contributed by atoms with Crippen molar-refractivity contribution in [3.63, 3.8) is 0 Å². The Morgan fingerprint density at radius 2 is 0.938 bits per heavy atom. The molecule has 0 aliphatic carbocycles. The van der Waals surface area contributed by atoms with Crippen LogP contribution in [0.4, 0.5) is 0 Å². The van der Waals surface area contributed by atoms with Crippen molar-refractivity contribution in [3.8, 4) is 0 Å². The average molecular weight is 280 g/mol. The monoisotopic (exact) mass is 280 g/mol. The predicted molar refractivity (Wildman–Crippen MR) is 44.2 cm³/mol. The van der Waals surface area contributed by atoms with Gasteiger partial charge in [-0.05, 0) is 25.9 Å². The van der Waals surface area contributed by atoms with E-state index in [1.165, 1.54) is 12.8 Å². The van der Waals surface area contributed by atoms with Gasteiger partial charge < -0.3 is 30.7 Å². The fraction of sp³-hybridized carbons (Fsp3) is 1.00. The van der Waals surface area contributed by atoms with E-state index in [1.807, 2.05) is 0 Å². The minimum atomic E-state index is -5.39. The molecule has 16 heavy (non-hydrogen) atoms. The first kappa shape index (κ1) is 31.4. The fourth-order valence-corrected chi connectivity index (χ4v) is 0.642. The Balaban J connectivity index is -0.0000000454. The molecule has 0 rings (SSSR count). The quantitative estimate of drug-likeness (QED) is 0.291. The van der Waals surface area contributed by atoms with Crippen LogP contribution in [0.25, 0.3) is 0 Å². The van der Waals surface area contributed by atoms with Crippen LogP contribution < -0.4 is 115 Å². The number of phosphoric acid groups is 1. The first-order chi connectivity index (χ1) is 5.91. The minimum absolute atomic E-state index is 0. The molecule has 0 atom stereocenters. The number of hydrogen-bond acceptors (Lipinski definition) is 6. The van der Waals surface area contributed by atoms with Gasteiger partial charge in [0.25, 0.3) is 0 Å². The average Bonchev–Trinajstić information content (AvgIpc) is 1.95. The van der Waals surface area contributed by atoms with Crippen molar-refractivity contribution in [2.24, 2.45) is 11.5 Å². The molecule has 0 saturated heterocycles. The largest absolute Gasteiger partial charge is 1.00 e. The second-order valence-electron chi connectivity index (χ2n) is 2.44. The summed E-state index contributed by atoms with van der Waals surface area (Å²) in [5.41, 5.74) is 10.6. The zero-order valence-electron chi connectivity index (χ0n) is 10.5. The maximum Gasteiger partial charge on any atom is 1.00 e. The van der Waals surface area contributed by atoms with Crippen molar-refractivity contribution < 1.29 is 108 Å². The molecule has 6 nitrogen and oxygen atoms in total. The summed E-state index contributed by atoms with van der Waals surface area (Å²) in [5, 5.41) is 0. The summed E-state index contributed by atoms with van der Waals surface area (Å²) in [4.78, 5) is 25.6.